The van der Waals surface area contributed by atoms with Crippen molar-refractivity contribution in [1.29, 1.82) is 0 Å². The first-order valence-corrected chi connectivity index (χ1v) is 8.04. The maximum Gasteiger partial charge on any atom is 0.238 e. The molecule has 0 heterocycles. The predicted octanol–water partition coefficient (Wildman–Crippen LogP) is 1.78. The minimum Gasteiger partial charge on any atom is -0.497 e. The van der Waals surface area contributed by atoms with Crippen LogP contribution in [0.4, 0.5) is 5.69 Å². The first-order chi connectivity index (χ1) is 11.1. The molecule has 1 fully saturated rings. The molecule has 3 N–H and O–H groups in total. The fraction of sp³-hybridized carbons (Fsp3) is 0.588. The summed E-state index contributed by atoms with van der Waals surface area (Å²) < 4.78 is 10.4. The number of amides is 1. The molecular weight excluding hydrogens is 296 g/mol. The summed E-state index contributed by atoms with van der Waals surface area (Å²) in [5.41, 5.74) is 0.630. The van der Waals surface area contributed by atoms with E-state index in [1.54, 1.807) is 32.4 Å². The number of ether oxygens (including phenoxy) is 2. The summed E-state index contributed by atoms with van der Waals surface area (Å²) >= 11 is 0. The largest absolute Gasteiger partial charge is 0.497 e. The molecule has 128 valence electrons. The highest BCUT2D eigenvalue weighted by Gasteiger charge is 2.22. The Bertz CT molecular complexity index is 499. The summed E-state index contributed by atoms with van der Waals surface area (Å²) in [6, 6.07) is 5.23. The Hall–Kier alpha value is -1.79. The molecule has 0 unspecified atom stereocenters. The van der Waals surface area contributed by atoms with Crippen molar-refractivity contribution in [1.82, 2.24) is 5.32 Å². The summed E-state index contributed by atoms with van der Waals surface area (Å²) in [7, 11) is 3.13. The van der Waals surface area contributed by atoms with Crippen molar-refractivity contribution in [3.63, 3.8) is 0 Å². The molecule has 6 heteroatoms. The van der Waals surface area contributed by atoms with E-state index in [-0.39, 0.29) is 24.5 Å². The Morgan fingerprint density at radius 3 is 2.43 bits per heavy atom. The first-order valence-electron chi connectivity index (χ1n) is 8.04. The lowest BCUT2D eigenvalue weighted by atomic mass is 9.86. The van der Waals surface area contributed by atoms with E-state index in [1.807, 2.05) is 0 Å². The number of nitrogens with one attached hydrogen (secondary N) is 2. The summed E-state index contributed by atoms with van der Waals surface area (Å²) in [6.45, 7) is 0.874. The lowest BCUT2D eigenvalue weighted by Crippen LogP contribution is -2.37. The molecule has 0 aliphatic heterocycles. The molecule has 23 heavy (non-hydrogen) atoms. The van der Waals surface area contributed by atoms with E-state index in [1.165, 1.54) is 0 Å². The highest BCUT2D eigenvalue weighted by atomic mass is 16.5. The molecule has 0 bridgehead atoms. The molecule has 1 aliphatic carbocycles. The molecule has 0 saturated heterocycles. The fourth-order valence-electron chi connectivity index (χ4n) is 2.88. The van der Waals surface area contributed by atoms with Gasteiger partial charge in [-0.1, -0.05) is 12.8 Å². The molecule has 0 spiro atoms. The smallest absolute Gasteiger partial charge is 0.238 e. The van der Waals surface area contributed by atoms with Crippen LogP contribution in [0.3, 0.4) is 0 Å². The zero-order valence-electron chi connectivity index (χ0n) is 13.8. The Morgan fingerprint density at radius 2 is 1.83 bits per heavy atom. The number of carbonyl (C=O) groups excluding carboxylic acids is 1. The van der Waals surface area contributed by atoms with Gasteiger partial charge in [-0.2, -0.15) is 0 Å². The van der Waals surface area contributed by atoms with Gasteiger partial charge in [0.1, 0.15) is 11.5 Å². The fourth-order valence-corrected chi connectivity index (χ4v) is 2.88. The summed E-state index contributed by atoms with van der Waals surface area (Å²) in [4.78, 5) is 12.0. The van der Waals surface area contributed by atoms with Crippen LogP contribution in [0.2, 0.25) is 0 Å². The summed E-state index contributed by atoms with van der Waals surface area (Å²) in [5.74, 6) is 1.36. The van der Waals surface area contributed by atoms with Gasteiger partial charge in [0.15, 0.2) is 0 Å². The topological polar surface area (TPSA) is 79.8 Å². The summed E-state index contributed by atoms with van der Waals surface area (Å²) in [5, 5.41) is 15.9. The van der Waals surface area contributed by atoms with Crippen molar-refractivity contribution in [2.45, 2.75) is 31.8 Å². The van der Waals surface area contributed by atoms with Crippen LogP contribution in [0.1, 0.15) is 25.7 Å². The van der Waals surface area contributed by atoms with Crippen molar-refractivity contribution in [2.24, 2.45) is 5.92 Å². The Kier molecular flexibility index (Phi) is 6.67. The average Bonchev–Trinajstić information content (AvgIpc) is 2.56. The predicted molar refractivity (Wildman–Crippen MR) is 89.0 cm³/mol. The van der Waals surface area contributed by atoms with E-state index >= 15 is 0 Å². The highest BCUT2D eigenvalue weighted by molar-refractivity contribution is 5.92. The number of carbonyl (C=O) groups is 1. The second kappa shape index (κ2) is 8.74. The molecule has 6 nitrogen and oxygen atoms in total. The summed E-state index contributed by atoms with van der Waals surface area (Å²) in [6.07, 6.45) is 3.88. The number of methoxy groups -OCH3 is 2. The Labute approximate surface area is 137 Å². The van der Waals surface area contributed by atoms with Crippen molar-refractivity contribution in [3.8, 4) is 11.5 Å². The van der Waals surface area contributed by atoms with Gasteiger partial charge in [-0.05, 0) is 18.8 Å². The number of aliphatic hydroxyl groups excluding tert-OH is 1. The number of hydrogen-bond donors (Lipinski definition) is 3. The van der Waals surface area contributed by atoms with E-state index in [0.717, 1.165) is 25.7 Å². The van der Waals surface area contributed by atoms with Crippen molar-refractivity contribution in [2.75, 3.05) is 32.6 Å². The second-order valence-electron chi connectivity index (χ2n) is 5.89. The average molecular weight is 322 g/mol. The minimum absolute atomic E-state index is 0.134. The first kappa shape index (κ1) is 17.6. The molecule has 1 aromatic carbocycles. The Balaban J connectivity index is 1.80. The zero-order valence-corrected chi connectivity index (χ0v) is 13.8. The van der Waals surface area contributed by atoms with Crippen molar-refractivity contribution in [3.05, 3.63) is 18.2 Å². The molecule has 1 amide bonds. The van der Waals surface area contributed by atoms with Gasteiger partial charge in [0.05, 0.1) is 26.9 Å². The van der Waals surface area contributed by atoms with Crippen LogP contribution in [0.5, 0.6) is 11.5 Å². The van der Waals surface area contributed by atoms with Crippen LogP contribution in [0.15, 0.2) is 18.2 Å². The molecule has 2 rings (SSSR count). The quantitative estimate of drug-likeness (QED) is 0.713. The third-order valence-corrected chi connectivity index (χ3v) is 4.20. The standard InChI is InChI=1S/C17H26N2O4/c1-22-14-7-13(8-15(9-14)23-2)19-17(21)11-18-10-12-5-3-4-6-16(12)20/h7-9,12,16,18,20H,3-6,10-11H2,1-2H3,(H,19,21)/t12-,16-/m1/s1. The number of benzene rings is 1. The van der Waals surface area contributed by atoms with Gasteiger partial charge in [-0.3, -0.25) is 4.79 Å². The minimum atomic E-state index is -0.248. The van der Waals surface area contributed by atoms with Crippen LogP contribution in [-0.2, 0) is 4.79 Å². The lowest BCUT2D eigenvalue weighted by molar-refractivity contribution is -0.115. The number of aliphatic hydroxyl groups is 1. The SMILES string of the molecule is COc1cc(NC(=O)CNC[C@H]2CCCC[C@H]2O)cc(OC)c1. The van der Waals surface area contributed by atoms with Gasteiger partial charge < -0.3 is 25.2 Å². The maximum atomic E-state index is 12.0. The lowest BCUT2D eigenvalue weighted by Gasteiger charge is -2.27. The van der Waals surface area contributed by atoms with E-state index < -0.39 is 0 Å². The van der Waals surface area contributed by atoms with Crippen molar-refractivity contribution >= 4 is 11.6 Å². The van der Waals surface area contributed by atoms with E-state index in [9.17, 15) is 9.90 Å². The van der Waals surface area contributed by atoms with E-state index in [4.69, 9.17) is 9.47 Å². The van der Waals surface area contributed by atoms with Gasteiger partial charge in [0, 0.05) is 30.4 Å². The highest BCUT2D eigenvalue weighted by Crippen LogP contribution is 2.26. The molecule has 1 aliphatic rings. The van der Waals surface area contributed by atoms with Crippen molar-refractivity contribution < 1.29 is 19.4 Å². The van der Waals surface area contributed by atoms with Crippen LogP contribution in [-0.4, -0.2) is 44.4 Å². The Morgan fingerprint density at radius 1 is 1.17 bits per heavy atom. The van der Waals surface area contributed by atoms with Crippen LogP contribution in [0, 0.1) is 5.92 Å². The number of anilines is 1. The van der Waals surface area contributed by atoms with Gasteiger partial charge >= 0.3 is 0 Å². The molecule has 0 radical (unpaired) electrons. The number of rotatable bonds is 7. The normalized spacial score (nSPS) is 20.8. The van der Waals surface area contributed by atoms with Gasteiger partial charge in [0.2, 0.25) is 5.91 Å². The molecule has 1 saturated carbocycles. The number of hydrogen-bond acceptors (Lipinski definition) is 5. The van der Waals surface area contributed by atoms with Crippen LogP contribution >= 0.6 is 0 Å². The monoisotopic (exact) mass is 322 g/mol. The molecule has 0 aromatic heterocycles. The zero-order chi connectivity index (χ0) is 16.7. The maximum absolute atomic E-state index is 12.0. The molecule has 1 aromatic rings. The molecular formula is C17H26N2O4. The van der Waals surface area contributed by atoms with Gasteiger partial charge in [-0.15, -0.1) is 0 Å². The van der Waals surface area contributed by atoms with Crippen LogP contribution in [0.25, 0.3) is 0 Å². The third-order valence-electron chi connectivity index (χ3n) is 4.20. The van der Waals surface area contributed by atoms with E-state index in [0.29, 0.717) is 23.7 Å². The van der Waals surface area contributed by atoms with Gasteiger partial charge in [0.25, 0.3) is 0 Å². The van der Waals surface area contributed by atoms with E-state index in [2.05, 4.69) is 10.6 Å². The molecule has 2 atom stereocenters. The van der Waals surface area contributed by atoms with Crippen LogP contribution < -0.4 is 20.1 Å². The van der Waals surface area contributed by atoms with Gasteiger partial charge in [-0.25, -0.2) is 0 Å². The second-order valence-corrected chi connectivity index (χ2v) is 5.89. The third kappa shape index (κ3) is 5.41.